The van der Waals surface area contributed by atoms with Gasteiger partial charge < -0.3 is 4.74 Å². The number of halogens is 1. The summed E-state index contributed by atoms with van der Waals surface area (Å²) in [6, 6.07) is 0. The Morgan fingerprint density at radius 2 is 2.29 bits per heavy atom. The van der Waals surface area contributed by atoms with E-state index < -0.39 is 0 Å². The normalized spacial score (nSPS) is 28.6. The maximum absolute atomic E-state index is 11.0. The Hall–Kier alpha value is -0.340. The van der Waals surface area contributed by atoms with E-state index >= 15 is 0 Å². The van der Waals surface area contributed by atoms with Crippen LogP contribution in [0.3, 0.4) is 0 Å². The fourth-order valence-electron chi connectivity index (χ4n) is 2.92. The van der Waals surface area contributed by atoms with Crippen molar-refractivity contribution in [1.82, 2.24) is 0 Å². The zero-order valence-corrected chi connectivity index (χ0v) is 12.0. The molecule has 0 fully saturated rings. The third-order valence-corrected chi connectivity index (χ3v) is 3.94. The maximum atomic E-state index is 11.0. The van der Waals surface area contributed by atoms with Crippen molar-refractivity contribution in [3.8, 4) is 0 Å². The van der Waals surface area contributed by atoms with Gasteiger partial charge in [0.1, 0.15) is 0 Å². The third-order valence-electron chi connectivity index (χ3n) is 3.75. The molecule has 0 aromatic heterocycles. The van der Waals surface area contributed by atoms with Crippen molar-refractivity contribution in [2.24, 2.45) is 11.3 Å². The van der Waals surface area contributed by atoms with Gasteiger partial charge >= 0.3 is 0 Å². The van der Waals surface area contributed by atoms with E-state index in [4.69, 9.17) is 16.3 Å². The summed E-state index contributed by atoms with van der Waals surface area (Å²) in [4.78, 5) is 11.0. The number of hydrogen-bond acceptors (Lipinski definition) is 2. The van der Waals surface area contributed by atoms with Gasteiger partial charge in [-0.15, -0.1) is 0 Å². The van der Waals surface area contributed by atoms with Crippen molar-refractivity contribution in [2.45, 2.75) is 53.1 Å². The van der Waals surface area contributed by atoms with Crippen LogP contribution in [0.1, 0.15) is 47.0 Å². The lowest BCUT2D eigenvalue weighted by atomic mass is 9.73. The van der Waals surface area contributed by atoms with Crippen molar-refractivity contribution in [3.63, 3.8) is 0 Å². The van der Waals surface area contributed by atoms with Crippen LogP contribution in [0.5, 0.6) is 0 Å². The van der Waals surface area contributed by atoms with Gasteiger partial charge in [-0.1, -0.05) is 32.4 Å². The zero-order chi connectivity index (χ0) is 13.1. The fraction of sp³-hybridized carbons (Fsp3) is 0.786. The van der Waals surface area contributed by atoms with Crippen molar-refractivity contribution < 1.29 is 9.53 Å². The summed E-state index contributed by atoms with van der Waals surface area (Å²) in [5, 5.41) is -0.253. The molecule has 0 spiro atoms. The van der Waals surface area contributed by atoms with Gasteiger partial charge in [-0.05, 0) is 37.3 Å². The van der Waals surface area contributed by atoms with Gasteiger partial charge in [-0.3, -0.25) is 4.79 Å². The van der Waals surface area contributed by atoms with Crippen molar-refractivity contribution in [3.05, 3.63) is 11.6 Å². The Morgan fingerprint density at radius 3 is 2.76 bits per heavy atom. The molecule has 2 nitrogen and oxygen atoms in total. The molecule has 0 bridgehead atoms. The molecule has 2 unspecified atom stereocenters. The molecule has 1 rings (SSSR count). The van der Waals surface area contributed by atoms with Gasteiger partial charge in [-0.25, -0.2) is 0 Å². The monoisotopic (exact) mass is 258 g/mol. The Morgan fingerprint density at radius 1 is 1.65 bits per heavy atom. The van der Waals surface area contributed by atoms with Crippen molar-refractivity contribution in [2.75, 3.05) is 6.61 Å². The molecular formula is C14H23ClO2. The average molecular weight is 259 g/mol. The van der Waals surface area contributed by atoms with Gasteiger partial charge in [0.25, 0.3) is 0 Å². The predicted octanol–water partition coefficient (Wildman–Crippen LogP) is 3.93. The molecule has 0 aromatic carbocycles. The highest BCUT2D eigenvalue weighted by Gasteiger charge is 2.42. The second-order valence-corrected chi connectivity index (χ2v) is 5.69. The molecule has 0 aromatic rings. The minimum Gasteiger partial charge on any atom is -0.377 e. The summed E-state index contributed by atoms with van der Waals surface area (Å²) in [6.07, 6.45) is 4.63. The summed E-state index contributed by atoms with van der Waals surface area (Å²) in [7, 11) is 0. The van der Waals surface area contributed by atoms with Crippen LogP contribution >= 0.6 is 11.6 Å². The number of carbonyl (C=O) groups is 1. The van der Waals surface area contributed by atoms with E-state index in [1.54, 1.807) is 0 Å². The second kappa shape index (κ2) is 6.01. The SMILES string of the molecule is CCOC1CC=C(C(C)C)C1(C)CCC(=O)Cl. The molecule has 0 saturated carbocycles. The van der Waals surface area contributed by atoms with Crippen LogP contribution in [0.25, 0.3) is 0 Å². The molecule has 0 radical (unpaired) electrons. The van der Waals surface area contributed by atoms with E-state index in [0.717, 1.165) is 12.8 Å². The predicted molar refractivity (Wildman–Crippen MR) is 71.2 cm³/mol. The lowest BCUT2D eigenvalue weighted by molar-refractivity contribution is -0.112. The lowest BCUT2D eigenvalue weighted by Gasteiger charge is -2.36. The molecule has 3 heteroatoms. The summed E-state index contributed by atoms with van der Waals surface area (Å²) >= 11 is 5.47. The summed E-state index contributed by atoms with van der Waals surface area (Å²) < 4.78 is 5.82. The molecule has 0 N–H and O–H groups in total. The highest BCUT2D eigenvalue weighted by molar-refractivity contribution is 6.63. The first-order valence-electron chi connectivity index (χ1n) is 6.42. The van der Waals surface area contributed by atoms with E-state index in [2.05, 4.69) is 26.8 Å². The standard InChI is InChI=1S/C14H23ClO2/c1-5-17-12-7-6-11(10(2)3)14(12,4)9-8-13(15)16/h6,10,12H,5,7-9H2,1-4H3. The molecule has 0 amide bonds. The molecule has 1 aliphatic rings. The van der Waals surface area contributed by atoms with E-state index in [1.807, 2.05) is 6.92 Å². The van der Waals surface area contributed by atoms with E-state index in [1.165, 1.54) is 5.57 Å². The molecule has 0 saturated heterocycles. The van der Waals surface area contributed by atoms with E-state index in [0.29, 0.717) is 18.9 Å². The van der Waals surface area contributed by atoms with E-state index in [9.17, 15) is 4.79 Å². The van der Waals surface area contributed by atoms with Crippen LogP contribution in [-0.4, -0.2) is 18.0 Å². The molecule has 1 aliphatic carbocycles. The van der Waals surface area contributed by atoms with Crippen LogP contribution in [-0.2, 0) is 9.53 Å². The minimum absolute atomic E-state index is 0.0330. The van der Waals surface area contributed by atoms with Crippen LogP contribution in [0.15, 0.2) is 11.6 Å². The van der Waals surface area contributed by atoms with Crippen molar-refractivity contribution >= 4 is 16.8 Å². The molecular weight excluding hydrogens is 236 g/mol. The van der Waals surface area contributed by atoms with Crippen molar-refractivity contribution in [1.29, 1.82) is 0 Å². The van der Waals surface area contributed by atoms with Gasteiger partial charge in [0, 0.05) is 18.4 Å². The number of hydrogen-bond donors (Lipinski definition) is 0. The largest absolute Gasteiger partial charge is 0.377 e. The summed E-state index contributed by atoms with van der Waals surface area (Å²) in [6.45, 7) is 9.32. The lowest BCUT2D eigenvalue weighted by Crippen LogP contribution is -2.34. The Balaban J connectivity index is 2.83. The second-order valence-electron chi connectivity index (χ2n) is 5.27. The quantitative estimate of drug-likeness (QED) is 0.533. The average Bonchev–Trinajstić information content (AvgIpc) is 2.55. The molecule has 98 valence electrons. The minimum atomic E-state index is -0.253. The Labute approximate surface area is 109 Å². The summed E-state index contributed by atoms with van der Waals surface area (Å²) in [5.41, 5.74) is 1.38. The molecule has 0 aliphatic heterocycles. The zero-order valence-electron chi connectivity index (χ0n) is 11.3. The van der Waals surface area contributed by atoms with Crippen LogP contribution < -0.4 is 0 Å². The van der Waals surface area contributed by atoms with Gasteiger partial charge in [0.2, 0.25) is 5.24 Å². The van der Waals surface area contributed by atoms with Gasteiger partial charge in [0.05, 0.1) is 6.10 Å². The maximum Gasteiger partial charge on any atom is 0.221 e. The molecule has 2 atom stereocenters. The van der Waals surface area contributed by atoms with Crippen LogP contribution in [0, 0.1) is 11.3 Å². The van der Waals surface area contributed by atoms with E-state index in [-0.39, 0.29) is 16.8 Å². The Bertz CT molecular complexity index is 309. The van der Waals surface area contributed by atoms with Crippen LogP contribution in [0.2, 0.25) is 0 Å². The molecule has 17 heavy (non-hydrogen) atoms. The van der Waals surface area contributed by atoms with Gasteiger partial charge in [-0.2, -0.15) is 0 Å². The highest BCUT2D eigenvalue weighted by Crippen LogP contribution is 2.47. The number of rotatable bonds is 6. The first kappa shape index (κ1) is 14.7. The van der Waals surface area contributed by atoms with Gasteiger partial charge in [0.15, 0.2) is 0 Å². The number of carbonyl (C=O) groups excluding carboxylic acids is 1. The summed E-state index contributed by atoms with van der Waals surface area (Å²) in [5.74, 6) is 0.496. The van der Waals surface area contributed by atoms with Crippen LogP contribution in [0.4, 0.5) is 0 Å². The highest BCUT2D eigenvalue weighted by atomic mass is 35.5. The first-order chi connectivity index (χ1) is 7.91. The number of ether oxygens (including phenoxy) is 1. The first-order valence-corrected chi connectivity index (χ1v) is 6.80. The third kappa shape index (κ3) is 3.32. The Kier molecular flexibility index (Phi) is 5.21. The smallest absolute Gasteiger partial charge is 0.221 e. The topological polar surface area (TPSA) is 26.3 Å². The molecule has 0 heterocycles. The fourth-order valence-corrected chi connectivity index (χ4v) is 3.02.